The summed E-state index contributed by atoms with van der Waals surface area (Å²) in [6.45, 7) is 16.1. The van der Waals surface area contributed by atoms with Gasteiger partial charge in [0.15, 0.2) is 0 Å². The van der Waals surface area contributed by atoms with Crippen LogP contribution < -0.4 is 14.5 Å². The zero-order valence-electron chi connectivity index (χ0n) is 29.7. The Kier molecular flexibility index (Phi) is 19.8. The number of aliphatic hydroxyl groups is 2. The van der Waals surface area contributed by atoms with E-state index in [4.69, 9.17) is 31.5 Å². The van der Waals surface area contributed by atoms with Crippen LogP contribution in [0.25, 0.3) is 11.3 Å². The van der Waals surface area contributed by atoms with Crippen molar-refractivity contribution in [1.82, 2.24) is 9.97 Å². The van der Waals surface area contributed by atoms with Gasteiger partial charge in [0, 0.05) is 63.3 Å². The van der Waals surface area contributed by atoms with E-state index in [9.17, 15) is 9.18 Å². The number of aromatic nitrogens is 2. The minimum atomic E-state index is -0.394. The number of halogens is 2. The number of hydrogen-bond acceptors (Lipinski definition) is 8. The Hall–Kier alpha value is -3.27. The molecule has 1 aliphatic heterocycles. The molecule has 8 nitrogen and oxygen atoms in total. The third-order valence-corrected chi connectivity index (χ3v) is 7.94. The Balaban J connectivity index is 0.000000978. The molecule has 3 heterocycles. The van der Waals surface area contributed by atoms with Crippen LogP contribution in [0.3, 0.4) is 0 Å². The summed E-state index contributed by atoms with van der Waals surface area (Å²) in [5, 5.41) is 15.3. The number of pyridine rings is 2. The molecule has 2 aromatic heterocycles. The van der Waals surface area contributed by atoms with Crippen LogP contribution in [-0.2, 0) is 11.2 Å². The van der Waals surface area contributed by atoms with Crippen molar-refractivity contribution in [2.75, 3.05) is 56.8 Å². The van der Waals surface area contributed by atoms with Gasteiger partial charge in [-0.2, -0.15) is 0 Å². The van der Waals surface area contributed by atoms with E-state index in [1.54, 1.807) is 0 Å². The molecule has 0 radical (unpaired) electrons. The molecule has 1 aliphatic rings. The lowest BCUT2D eigenvalue weighted by Crippen LogP contribution is -2.38. The van der Waals surface area contributed by atoms with Crippen molar-refractivity contribution in [3.05, 3.63) is 64.8 Å². The van der Waals surface area contributed by atoms with Gasteiger partial charge >= 0.3 is 0 Å². The van der Waals surface area contributed by atoms with Gasteiger partial charge in [-0.25, -0.2) is 4.39 Å². The molecule has 0 amide bonds. The molecule has 1 fully saturated rings. The molecule has 2 N–H and O–H groups in total. The largest absolute Gasteiger partial charge is 0.490 e. The second-order valence-electron chi connectivity index (χ2n) is 12.1. The van der Waals surface area contributed by atoms with E-state index in [0.29, 0.717) is 37.3 Å². The van der Waals surface area contributed by atoms with Crippen LogP contribution in [0.5, 0.6) is 5.75 Å². The van der Waals surface area contributed by atoms with Crippen molar-refractivity contribution < 1.29 is 24.1 Å². The summed E-state index contributed by atoms with van der Waals surface area (Å²) in [7, 11) is 2.96. The van der Waals surface area contributed by atoms with E-state index in [1.165, 1.54) is 24.6 Å². The molecular weight excluding hydrogens is 619 g/mol. The van der Waals surface area contributed by atoms with E-state index in [-0.39, 0.29) is 5.02 Å². The Bertz CT molecular complexity index is 1310. The lowest BCUT2D eigenvalue weighted by molar-refractivity contribution is -0.107. The fourth-order valence-corrected chi connectivity index (χ4v) is 5.01. The second kappa shape index (κ2) is 22.3. The number of nitrogens with zero attached hydrogens (tertiary/aromatic N) is 4. The van der Waals surface area contributed by atoms with Gasteiger partial charge in [0.05, 0.1) is 34.8 Å². The number of aldehydes is 1. The summed E-state index contributed by atoms with van der Waals surface area (Å²) < 4.78 is 19.0. The maximum absolute atomic E-state index is 13.2. The predicted octanol–water partition coefficient (Wildman–Crippen LogP) is 7.93. The summed E-state index contributed by atoms with van der Waals surface area (Å²) in [6, 6.07) is 8.12. The van der Waals surface area contributed by atoms with E-state index >= 15 is 0 Å². The average Bonchev–Trinajstić information content (AvgIpc) is 3.05. The third kappa shape index (κ3) is 13.8. The highest BCUT2D eigenvalue weighted by atomic mass is 35.5. The van der Waals surface area contributed by atoms with Crippen LogP contribution in [0, 0.1) is 18.2 Å². The number of aryl methyl sites for hydroxylation is 1. The number of aliphatic hydroxyl groups excluding tert-OH is 2. The zero-order chi connectivity index (χ0) is 35.4. The van der Waals surface area contributed by atoms with Crippen LogP contribution in [0.15, 0.2) is 42.7 Å². The van der Waals surface area contributed by atoms with Crippen molar-refractivity contribution in [2.45, 2.75) is 80.1 Å². The van der Waals surface area contributed by atoms with Gasteiger partial charge in [-0.1, -0.05) is 59.1 Å². The highest BCUT2D eigenvalue weighted by Gasteiger charge is 2.29. The molecule has 1 saturated heterocycles. The molecule has 0 atom stereocenters. The van der Waals surface area contributed by atoms with Crippen molar-refractivity contribution in [3.8, 4) is 17.0 Å². The maximum Gasteiger partial charge on any atom is 0.138 e. The number of carbonyl (C=O) groups excluding carboxylic acids is 1. The van der Waals surface area contributed by atoms with Gasteiger partial charge in [-0.15, -0.1) is 0 Å². The molecular formula is C37H56ClFN4O4. The molecule has 0 unspecified atom stereocenters. The second-order valence-corrected chi connectivity index (χ2v) is 12.5. The molecule has 47 heavy (non-hydrogen) atoms. The number of rotatable bonds is 11. The first-order valence-corrected chi connectivity index (χ1v) is 16.9. The Morgan fingerprint density at radius 1 is 1.09 bits per heavy atom. The van der Waals surface area contributed by atoms with Crippen LogP contribution in [0.4, 0.5) is 15.8 Å². The number of benzene rings is 1. The van der Waals surface area contributed by atoms with Crippen molar-refractivity contribution in [2.24, 2.45) is 5.41 Å². The highest BCUT2D eigenvalue weighted by molar-refractivity contribution is 6.32. The summed E-state index contributed by atoms with van der Waals surface area (Å²) >= 11 is 6.04. The minimum Gasteiger partial charge on any atom is -0.490 e. The Morgan fingerprint density at radius 2 is 1.74 bits per heavy atom. The third-order valence-electron chi connectivity index (χ3n) is 7.64. The van der Waals surface area contributed by atoms with Crippen LogP contribution in [-0.4, -0.2) is 73.5 Å². The Morgan fingerprint density at radius 3 is 2.26 bits per heavy atom. The first-order valence-electron chi connectivity index (χ1n) is 16.5. The number of ether oxygens (including phenoxy) is 1. The normalized spacial score (nSPS) is 13.1. The van der Waals surface area contributed by atoms with Gasteiger partial charge in [0.2, 0.25) is 0 Å². The SMILES string of the molecule is CCC.CCCCO.CO.Cc1ncc(-c2ccc(N(C)CCOc3ccc(F)cc3Cl)cn2)c(N2CCC(C)(C)CC2)c1CC=O. The maximum atomic E-state index is 13.2. The zero-order valence-corrected chi connectivity index (χ0v) is 30.4. The standard InChI is InChI=1S/C29H34ClFN4O2.C4H10O.C3H8.CH4O/c1-20-23(9-15-36)28(35-12-10-29(2,3)11-13-35)24(19-32-20)26-7-6-22(18-33-26)34(4)14-16-37-27-8-5-21(31)17-25(27)30;1-2-3-4-5;1-3-2;1-2/h5-8,15,17-19H,9-14,16H2,1-4H3;5H,2-4H2,1H3;3H2,1-2H3;2H,1H3. The number of anilines is 2. The van der Waals surface area contributed by atoms with Gasteiger partial charge in [0.1, 0.15) is 24.5 Å². The lowest BCUT2D eigenvalue weighted by atomic mass is 9.82. The molecule has 0 saturated carbocycles. The van der Waals surface area contributed by atoms with E-state index in [1.807, 2.05) is 43.4 Å². The van der Waals surface area contributed by atoms with Gasteiger partial charge in [0.25, 0.3) is 0 Å². The average molecular weight is 675 g/mol. The van der Waals surface area contributed by atoms with E-state index in [2.05, 4.69) is 44.5 Å². The highest BCUT2D eigenvalue weighted by Crippen LogP contribution is 2.39. The monoisotopic (exact) mass is 674 g/mol. The minimum absolute atomic E-state index is 0.252. The van der Waals surface area contributed by atoms with Crippen molar-refractivity contribution in [1.29, 1.82) is 0 Å². The smallest absolute Gasteiger partial charge is 0.138 e. The molecule has 10 heteroatoms. The fourth-order valence-electron chi connectivity index (χ4n) is 4.79. The summed E-state index contributed by atoms with van der Waals surface area (Å²) in [5.41, 5.74) is 5.97. The van der Waals surface area contributed by atoms with Crippen molar-refractivity contribution >= 4 is 29.3 Å². The summed E-state index contributed by atoms with van der Waals surface area (Å²) in [5.74, 6) is 0.0616. The lowest BCUT2D eigenvalue weighted by Gasteiger charge is -2.40. The van der Waals surface area contributed by atoms with Gasteiger partial charge in [-0.05, 0) is 61.9 Å². The van der Waals surface area contributed by atoms with Crippen molar-refractivity contribution in [3.63, 3.8) is 0 Å². The predicted molar refractivity (Wildman–Crippen MR) is 193 cm³/mol. The number of unbranched alkanes of at least 4 members (excludes halogenated alkanes) is 1. The number of piperidine rings is 1. The molecule has 3 aromatic rings. The number of carbonyl (C=O) groups is 1. The fraction of sp³-hybridized carbons (Fsp3) is 0.541. The molecule has 1 aromatic carbocycles. The summed E-state index contributed by atoms with van der Waals surface area (Å²) in [6.07, 6.45) is 10.5. The quantitative estimate of drug-likeness (QED) is 0.198. The molecule has 0 aliphatic carbocycles. The topological polar surface area (TPSA) is 99.0 Å². The van der Waals surface area contributed by atoms with Crippen LogP contribution in [0.1, 0.15) is 78.0 Å². The van der Waals surface area contributed by atoms with Crippen LogP contribution >= 0.6 is 11.6 Å². The molecule has 262 valence electrons. The summed E-state index contributed by atoms with van der Waals surface area (Å²) in [4.78, 5) is 25.4. The molecule has 0 bridgehead atoms. The van der Waals surface area contributed by atoms with Gasteiger partial charge in [-0.3, -0.25) is 9.97 Å². The van der Waals surface area contributed by atoms with E-state index in [0.717, 1.165) is 86.1 Å². The molecule has 4 rings (SSSR count). The first kappa shape index (κ1) is 41.8. The van der Waals surface area contributed by atoms with Crippen LogP contribution in [0.2, 0.25) is 5.02 Å². The van der Waals surface area contributed by atoms with E-state index < -0.39 is 5.82 Å². The molecule has 0 spiro atoms. The number of likely N-dealkylation sites (N-methyl/N-ethyl adjacent to an activating group) is 1. The number of hydrogen-bond donors (Lipinski definition) is 2. The Labute approximate surface area is 287 Å². The first-order chi connectivity index (χ1) is 22.5. The van der Waals surface area contributed by atoms with Gasteiger partial charge < -0.3 is 29.5 Å².